The predicted octanol–water partition coefficient (Wildman–Crippen LogP) is 10.8. The largest absolute Gasteiger partial charge is 0.530 e. The maximum absolute atomic E-state index is 6.90. The number of fused-ring (bicyclic) bond motifs is 2. The molecule has 0 amide bonds. The molecule has 4 heteroatoms. The van der Waals surface area contributed by atoms with Gasteiger partial charge in [0.15, 0.2) is 0 Å². The summed E-state index contributed by atoms with van der Waals surface area (Å²) < 4.78 is 20.4. The van der Waals surface area contributed by atoms with Gasteiger partial charge in [-0.15, -0.1) is 0 Å². The molecule has 1 unspecified atom stereocenters. The van der Waals surface area contributed by atoms with E-state index in [0.29, 0.717) is 5.92 Å². The van der Waals surface area contributed by atoms with Crippen LogP contribution in [0.1, 0.15) is 114 Å². The highest BCUT2D eigenvalue weighted by molar-refractivity contribution is 7.43. The van der Waals surface area contributed by atoms with Crippen molar-refractivity contribution in [1.82, 2.24) is 0 Å². The van der Waals surface area contributed by atoms with Crippen molar-refractivity contribution < 1.29 is 13.6 Å². The third kappa shape index (κ3) is 6.46. The molecule has 0 aromatic heterocycles. The molecule has 39 heavy (non-hydrogen) atoms. The highest BCUT2D eigenvalue weighted by Crippen LogP contribution is 2.54. The molecular formula is C35H47O3P. The van der Waals surface area contributed by atoms with Crippen molar-refractivity contribution in [1.29, 1.82) is 0 Å². The zero-order chi connectivity index (χ0) is 28.9. The molecule has 0 saturated heterocycles. The molecule has 0 saturated carbocycles. The third-order valence-electron chi connectivity index (χ3n) is 7.74. The Kier molecular flexibility index (Phi) is 7.91. The Labute approximate surface area is 238 Å². The molecular weight excluding hydrogens is 499 g/mol. The monoisotopic (exact) mass is 546 g/mol. The lowest BCUT2D eigenvalue weighted by atomic mass is 9.69. The van der Waals surface area contributed by atoms with E-state index in [1.54, 1.807) is 0 Å². The Balaban J connectivity index is 1.84. The van der Waals surface area contributed by atoms with Crippen molar-refractivity contribution >= 4 is 8.60 Å². The summed E-state index contributed by atoms with van der Waals surface area (Å²) in [5, 5.41) is 0. The SMILES string of the molecule is Cc1ccc(OP(Oc2ccc(C)cc2C(C)(C)C)Oc2c3cc(C)cc2C(C)(C)CC3C)c(C(C)(C)C)c1. The Hall–Kier alpha value is -2.51. The van der Waals surface area contributed by atoms with Gasteiger partial charge in [-0.2, -0.15) is 0 Å². The minimum atomic E-state index is -1.81. The average molecular weight is 547 g/mol. The molecule has 3 aromatic carbocycles. The second kappa shape index (κ2) is 10.5. The van der Waals surface area contributed by atoms with Gasteiger partial charge in [0.2, 0.25) is 0 Å². The number of benzene rings is 3. The van der Waals surface area contributed by atoms with E-state index in [2.05, 4.69) is 132 Å². The Bertz CT molecular complexity index is 1290. The normalized spacial score (nSPS) is 16.8. The van der Waals surface area contributed by atoms with E-state index < -0.39 is 8.60 Å². The third-order valence-corrected chi connectivity index (χ3v) is 8.76. The molecule has 0 aliphatic heterocycles. The Morgan fingerprint density at radius 3 is 1.64 bits per heavy atom. The van der Waals surface area contributed by atoms with Crippen molar-refractivity contribution in [3.63, 3.8) is 0 Å². The molecule has 210 valence electrons. The summed E-state index contributed by atoms with van der Waals surface area (Å²) in [4.78, 5) is 0. The molecule has 2 bridgehead atoms. The summed E-state index contributed by atoms with van der Waals surface area (Å²) in [7, 11) is -1.81. The molecule has 0 N–H and O–H groups in total. The lowest BCUT2D eigenvalue weighted by molar-refractivity contribution is 0.348. The first-order valence-electron chi connectivity index (χ1n) is 14.2. The lowest BCUT2D eigenvalue weighted by Crippen LogP contribution is -2.26. The minimum absolute atomic E-state index is 0.00433. The van der Waals surface area contributed by atoms with Gasteiger partial charge in [-0.05, 0) is 67.1 Å². The molecule has 3 nitrogen and oxygen atoms in total. The van der Waals surface area contributed by atoms with Crippen molar-refractivity contribution in [3.05, 3.63) is 87.5 Å². The molecule has 0 radical (unpaired) electrons. The molecule has 0 heterocycles. The predicted molar refractivity (Wildman–Crippen MR) is 166 cm³/mol. The van der Waals surface area contributed by atoms with Gasteiger partial charge in [-0.3, -0.25) is 0 Å². The van der Waals surface area contributed by atoms with Crippen LogP contribution in [0.25, 0.3) is 0 Å². The van der Waals surface area contributed by atoms with Crippen LogP contribution in [-0.2, 0) is 16.2 Å². The van der Waals surface area contributed by atoms with Crippen LogP contribution in [0.5, 0.6) is 17.2 Å². The van der Waals surface area contributed by atoms with Gasteiger partial charge in [0.05, 0.1) is 0 Å². The minimum Gasteiger partial charge on any atom is -0.408 e. The quantitative estimate of drug-likeness (QED) is 0.288. The van der Waals surface area contributed by atoms with E-state index in [1.165, 1.54) is 27.8 Å². The number of hydrogen-bond acceptors (Lipinski definition) is 3. The van der Waals surface area contributed by atoms with Crippen LogP contribution in [0.2, 0.25) is 0 Å². The first-order chi connectivity index (χ1) is 18.0. The van der Waals surface area contributed by atoms with Gasteiger partial charge in [0.1, 0.15) is 17.2 Å². The van der Waals surface area contributed by atoms with E-state index in [-0.39, 0.29) is 16.2 Å². The van der Waals surface area contributed by atoms with E-state index in [4.69, 9.17) is 13.6 Å². The summed E-state index contributed by atoms with van der Waals surface area (Å²) >= 11 is 0. The first kappa shape index (κ1) is 29.5. The molecule has 3 aromatic rings. The molecule has 0 spiro atoms. The van der Waals surface area contributed by atoms with E-state index >= 15 is 0 Å². The maximum Gasteiger partial charge on any atom is 0.530 e. The van der Waals surface area contributed by atoms with E-state index in [0.717, 1.165) is 34.8 Å². The summed E-state index contributed by atoms with van der Waals surface area (Å²) in [5.74, 6) is 2.92. The van der Waals surface area contributed by atoms with Crippen molar-refractivity contribution in [2.24, 2.45) is 0 Å². The van der Waals surface area contributed by atoms with Crippen LogP contribution in [0.4, 0.5) is 0 Å². The number of hydrogen-bond donors (Lipinski definition) is 0. The van der Waals surface area contributed by atoms with E-state index in [9.17, 15) is 0 Å². The fourth-order valence-electron chi connectivity index (χ4n) is 5.67. The van der Waals surface area contributed by atoms with Crippen LogP contribution in [-0.4, -0.2) is 0 Å². The van der Waals surface area contributed by atoms with Crippen molar-refractivity contribution in [2.75, 3.05) is 0 Å². The highest BCUT2D eigenvalue weighted by atomic mass is 31.2. The Morgan fingerprint density at radius 1 is 0.692 bits per heavy atom. The smallest absolute Gasteiger partial charge is 0.408 e. The Morgan fingerprint density at radius 2 is 1.18 bits per heavy atom. The molecule has 1 aliphatic carbocycles. The molecule has 1 atom stereocenters. The maximum atomic E-state index is 6.90. The van der Waals surface area contributed by atoms with Gasteiger partial charge < -0.3 is 13.6 Å². The zero-order valence-corrected chi connectivity index (χ0v) is 27.0. The van der Waals surface area contributed by atoms with Crippen LogP contribution < -0.4 is 13.6 Å². The highest BCUT2D eigenvalue weighted by Gasteiger charge is 2.38. The number of aryl methyl sites for hydroxylation is 3. The fraction of sp³-hybridized carbons (Fsp3) is 0.486. The van der Waals surface area contributed by atoms with Gasteiger partial charge >= 0.3 is 8.60 Å². The van der Waals surface area contributed by atoms with Gasteiger partial charge in [0, 0.05) is 16.7 Å². The lowest BCUT2D eigenvalue weighted by Gasteiger charge is -2.38. The first-order valence-corrected chi connectivity index (χ1v) is 15.3. The molecule has 0 fully saturated rings. The topological polar surface area (TPSA) is 27.7 Å². The van der Waals surface area contributed by atoms with Crippen LogP contribution in [0, 0.1) is 20.8 Å². The number of rotatable bonds is 6. The summed E-state index contributed by atoms with van der Waals surface area (Å²) in [5.41, 5.74) is 8.25. The second-order valence-electron chi connectivity index (χ2n) is 14.2. The average Bonchev–Trinajstić information content (AvgIpc) is 2.79. The van der Waals surface area contributed by atoms with E-state index in [1.807, 2.05) is 0 Å². The van der Waals surface area contributed by atoms with Crippen molar-refractivity contribution in [3.8, 4) is 17.2 Å². The second-order valence-corrected chi connectivity index (χ2v) is 15.2. The molecule has 4 rings (SSSR count). The summed E-state index contributed by atoms with van der Waals surface area (Å²) in [6.45, 7) is 26.6. The molecule has 1 aliphatic rings. The van der Waals surface area contributed by atoms with Crippen LogP contribution in [0.15, 0.2) is 48.5 Å². The van der Waals surface area contributed by atoms with Crippen molar-refractivity contribution in [2.45, 2.75) is 112 Å². The van der Waals surface area contributed by atoms with Gasteiger partial charge in [-0.25, -0.2) is 0 Å². The zero-order valence-electron chi connectivity index (χ0n) is 26.1. The van der Waals surface area contributed by atoms with Crippen LogP contribution in [0.3, 0.4) is 0 Å². The fourth-order valence-corrected chi connectivity index (χ4v) is 6.77. The van der Waals surface area contributed by atoms with Gasteiger partial charge in [0.25, 0.3) is 0 Å². The summed E-state index contributed by atoms with van der Waals surface area (Å²) in [6.07, 6.45) is 1.09. The van der Waals surface area contributed by atoms with Gasteiger partial charge in [-0.1, -0.05) is 115 Å². The summed E-state index contributed by atoms with van der Waals surface area (Å²) in [6, 6.07) is 17.3. The standard InChI is InChI=1S/C35H47O3P/c1-22-13-15-30(27(18-22)33(5,6)7)36-39(37-31-16-14-23(2)19-28(31)34(8,9)10)38-32-26-17-24(3)20-29(32)35(11,12)21-25(26)4/h13-20,25H,21H2,1-12H3. The van der Waals surface area contributed by atoms with Crippen LogP contribution >= 0.6 is 8.60 Å².